The summed E-state index contributed by atoms with van der Waals surface area (Å²) >= 11 is 0. The number of hydrogen-bond donors (Lipinski definition) is 2. The molecule has 1 spiro atoms. The van der Waals surface area contributed by atoms with E-state index in [0.29, 0.717) is 25.6 Å². The number of rotatable bonds is 2. The Bertz CT molecular complexity index is 326. The Kier molecular flexibility index (Phi) is 3.63. The van der Waals surface area contributed by atoms with E-state index < -0.39 is 5.79 Å². The van der Waals surface area contributed by atoms with Crippen molar-refractivity contribution in [2.24, 2.45) is 17.3 Å². The molecule has 0 aromatic rings. The molecule has 1 aliphatic heterocycles. The maximum absolute atomic E-state index is 10.3. The summed E-state index contributed by atoms with van der Waals surface area (Å²) in [5.74, 6) is 0.160. The molecule has 0 aromatic carbocycles. The van der Waals surface area contributed by atoms with Gasteiger partial charge < -0.3 is 19.7 Å². The van der Waals surface area contributed by atoms with Crippen molar-refractivity contribution in [2.75, 3.05) is 19.8 Å². The summed E-state index contributed by atoms with van der Waals surface area (Å²) in [5, 5.41) is 19.6. The van der Waals surface area contributed by atoms with Crippen molar-refractivity contribution in [1.82, 2.24) is 0 Å². The Labute approximate surface area is 115 Å². The standard InChI is InChI=1S/C15H26O4/c1-14-7-4-13(17)11(5-8-16)12(14)3-2-6-15(14)18-9-10-19-15/h11-13,16-17H,2-10H2,1H3/t11-,12-,13?,14-/m0/s1. The molecule has 4 heteroatoms. The van der Waals surface area contributed by atoms with Gasteiger partial charge in [-0.3, -0.25) is 0 Å². The van der Waals surface area contributed by atoms with Crippen molar-refractivity contribution < 1.29 is 19.7 Å². The first kappa shape index (κ1) is 13.8. The van der Waals surface area contributed by atoms with E-state index in [1.165, 1.54) is 0 Å². The topological polar surface area (TPSA) is 58.9 Å². The van der Waals surface area contributed by atoms with E-state index in [-0.39, 0.29) is 24.0 Å². The second kappa shape index (κ2) is 4.99. The van der Waals surface area contributed by atoms with Crippen LogP contribution in [0.4, 0.5) is 0 Å². The summed E-state index contributed by atoms with van der Waals surface area (Å²) in [6.07, 6.45) is 5.36. The minimum Gasteiger partial charge on any atom is -0.396 e. The van der Waals surface area contributed by atoms with Crippen LogP contribution in [0.3, 0.4) is 0 Å². The van der Waals surface area contributed by atoms with Crippen molar-refractivity contribution in [1.29, 1.82) is 0 Å². The molecule has 2 aliphatic carbocycles. The molecule has 2 saturated carbocycles. The Morgan fingerprint density at radius 3 is 2.58 bits per heavy atom. The molecule has 19 heavy (non-hydrogen) atoms. The molecule has 4 nitrogen and oxygen atoms in total. The maximum atomic E-state index is 10.3. The minimum absolute atomic E-state index is 0.0131. The first-order valence-electron chi connectivity index (χ1n) is 7.70. The van der Waals surface area contributed by atoms with Crippen molar-refractivity contribution in [3.05, 3.63) is 0 Å². The number of ether oxygens (including phenoxy) is 2. The highest BCUT2D eigenvalue weighted by molar-refractivity contribution is 5.06. The number of aliphatic hydroxyl groups is 2. The summed E-state index contributed by atoms with van der Waals surface area (Å²) < 4.78 is 12.1. The lowest BCUT2D eigenvalue weighted by Crippen LogP contribution is -2.60. The molecule has 1 unspecified atom stereocenters. The lowest BCUT2D eigenvalue weighted by Gasteiger charge is -2.58. The SMILES string of the molecule is C[C@]12CCC(O)[C@@H](CCO)[C@@H]1CCCC21OCCO1. The van der Waals surface area contributed by atoms with Crippen LogP contribution in [0.1, 0.15) is 45.4 Å². The van der Waals surface area contributed by atoms with E-state index in [1.54, 1.807) is 0 Å². The molecular formula is C15H26O4. The van der Waals surface area contributed by atoms with Gasteiger partial charge in [0.25, 0.3) is 0 Å². The van der Waals surface area contributed by atoms with E-state index in [0.717, 1.165) is 32.1 Å². The van der Waals surface area contributed by atoms with Crippen LogP contribution in [-0.4, -0.2) is 41.9 Å². The summed E-state index contributed by atoms with van der Waals surface area (Å²) in [7, 11) is 0. The lowest BCUT2D eigenvalue weighted by atomic mass is 9.52. The van der Waals surface area contributed by atoms with Crippen LogP contribution in [0.5, 0.6) is 0 Å². The van der Waals surface area contributed by atoms with Crippen LogP contribution >= 0.6 is 0 Å². The largest absolute Gasteiger partial charge is 0.396 e. The molecule has 110 valence electrons. The predicted octanol–water partition coefficient (Wildman–Crippen LogP) is 1.69. The van der Waals surface area contributed by atoms with Gasteiger partial charge in [-0.1, -0.05) is 6.92 Å². The maximum Gasteiger partial charge on any atom is 0.174 e. The summed E-state index contributed by atoms with van der Waals surface area (Å²) in [4.78, 5) is 0. The van der Waals surface area contributed by atoms with Crippen LogP contribution in [-0.2, 0) is 9.47 Å². The number of fused-ring (bicyclic) bond motifs is 2. The zero-order valence-corrected chi connectivity index (χ0v) is 11.8. The molecule has 3 rings (SSSR count). The highest BCUT2D eigenvalue weighted by atomic mass is 16.7. The van der Waals surface area contributed by atoms with Crippen LogP contribution in [0.25, 0.3) is 0 Å². The second-order valence-electron chi connectivity index (χ2n) is 6.65. The first-order valence-corrected chi connectivity index (χ1v) is 7.70. The Morgan fingerprint density at radius 1 is 1.16 bits per heavy atom. The summed E-state index contributed by atoms with van der Waals surface area (Å²) in [6.45, 7) is 3.81. The molecule has 0 aromatic heterocycles. The first-order chi connectivity index (χ1) is 9.13. The van der Waals surface area contributed by atoms with Gasteiger partial charge in [-0.25, -0.2) is 0 Å². The molecule has 4 atom stereocenters. The smallest absolute Gasteiger partial charge is 0.174 e. The van der Waals surface area contributed by atoms with Crippen molar-refractivity contribution >= 4 is 0 Å². The van der Waals surface area contributed by atoms with E-state index in [9.17, 15) is 10.2 Å². The lowest BCUT2D eigenvalue weighted by molar-refractivity contribution is -0.290. The van der Waals surface area contributed by atoms with Crippen molar-refractivity contribution in [2.45, 2.75) is 57.3 Å². The molecule has 3 aliphatic rings. The summed E-state index contributed by atoms with van der Waals surface area (Å²) in [6, 6.07) is 0. The van der Waals surface area contributed by atoms with Gasteiger partial charge in [0.2, 0.25) is 0 Å². The third kappa shape index (κ3) is 1.96. The Balaban J connectivity index is 1.91. The molecule has 1 heterocycles. The van der Waals surface area contributed by atoms with Crippen molar-refractivity contribution in [3.63, 3.8) is 0 Å². The van der Waals surface area contributed by atoms with Gasteiger partial charge in [-0.15, -0.1) is 0 Å². The monoisotopic (exact) mass is 270 g/mol. The Morgan fingerprint density at radius 2 is 1.89 bits per heavy atom. The van der Waals surface area contributed by atoms with Crippen LogP contribution in [0.2, 0.25) is 0 Å². The zero-order chi connectivity index (χ0) is 13.5. The number of hydrogen-bond acceptors (Lipinski definition) is 4. The molecule has 1 saturated heterocycles. The van der Waals surface area contributed by atoms with Crippen LogP contribution in [0.15, 0.2) is 0 Å². The molecule has 0 bridgehead atoms. The minimum atomic E-state index is -0.427. The van der Waals surface area contributed by atoms with Gasteiger partial charge in [-0.2, -0.15) is 0 Å². The molecule has 2 N–H and O–H groups in total. The third-order valence-corrected chi connectivity index (χ3v) is 5.90. The van der Waals surface area contributed by atoms with E-state index in [4.69, 9.17) is 9.47 Å². The predicted molar refractivity (Wildman–Crippen MR) is 70.5 cm³/mol. The third-order valence-electron chi connectivity index (χ3n) is 5.90. The van der Waals surface area contributed by atoms with Gasteiger partial charge in [0.05, 0.1) is 19.3 Å². The van der Waals surface area contributed by atoms with Crippen LogP contribution in [0, 0.1) is 17.3 Å². The average molecular weight is 270 g/mol. The number of aliphatic hydroxyl groups excluding tert-OH is 2. The van der Waals surface area contributed by atoms with E-state index >= 15 is 0 Å². The fourth-order valence-corrected chi connectivity index (χ4v) is 4.91. The van der Waals surface area contributed by atoms with Gasteiger partial charge in [0, 0.05) is 18.4 Å². The van der Waals surface area contributed by atoms with E-state index in [2.05, 4.69) is 6.92 Å². The molecule has 0 radical (unpaired) electrons. The molecule has 3 fully saturated rings. The quantitative estimate of drug-likeness (QED) is 0.801. The Hall–Kier alpha value is -0.160. The van der Waals surface area contributed by atoms with Crippen molar-refractivity contribution in [3.8, 4) is 0 Å². The second-order valence-corrected chi connectivity index (χ2v) is 6.65. The average Bonchev–Trinajstić information content (AvgIpc) is 2.86. The highest BCUT2D eigenvalue weighted by Gasteiger charge is 2.61. The van der Waals surface area contributed by atoms with Crippen LogP contribution < -0.4 is 0 Å². The molecule has 0 amide bonds. The fraction of sp³-hybridized carbons (Fsp3) is 1.00. The van der Waals surface area contributed by atoms with Gasteiger partial charge in [0.15, 0.2) is 5.79 Å². The van der Waals surface area contributed by atoms with Gasteiger partial charge in [0.1, 0.15) is 0 Å². The van der Waals surface area contributed by atoms with Gasteiger partial charge in [-0.05, 0) is 43.9 Å². The fourth-order valence-electron chi connectivity index (χ4n) is 4.91. The van der Waals surface area contributed by atoms with Gasteiger partial charge >= 0.3 is 0 Å². The zero-order valence-electron chi connectivity index (χ0n) is 11.8. The normalized spacial score (nSPS) is 45.3. The highest BCUT2D eigenvalue weighted by Crippen LogP contribution is 2.60. The summed E-state index contributed by atoms with van der Waals surface area (Å²) in [5.41, 5.74) is -0.0131. The molecular weight excluding hydrogens is 244 g/mol. The van der Waals surface area contributed by atoms with E-state index in [1.807, 2.05) is 0 Å².